The van der Waals surface area contributed by atoms with E-state index in [2.05, 4.69) is 22.7 Å². The molecule has 0 saturated heterocycles. The van der Waals surface area contributed by atoms with Gasteiger partial charge < -0.3 is 0 Å². The summed E-state index contributed by atoms with van der Waals surface area (Å²) in [5, 5.41) is 5.61. The van der Waals surface area contributed by atoms with Crippen LogP contribution in [0.25, 0.3) is 10.5 Å². The predicted molar refractivity (Wildman–Crippen MR) is 111 cm³/mol. The quantitative estimate of drug-likeness (QED) is 0.559. The van der Waals surface area contributed by atoms with Gasteiger partial charge in [-0.2, -0.15) is 5.10 Å². The number of para-hydroxylation sites is 1. The molecule has 0 bridgehead atoms. The van der Waals surface area contributed by atoms with Crippen LogP contribution in [0.1, 0.15) is 34.5 Å². The molecule has 0 radical (unpaired) electrons. The molecule has 3 aromatic rings. The molecule has 1 aliphatic carbocycles. The SMILES string of the molecule is [C-]#[N+]c1cccc2c1CN(C1CCc3nn(-c4ccccc4Cl)c(C)c3C1)C2. The zero-order valence-electron chi connectivity index (χ0n) is 15.8. The Hall–Kier alpha value is -2.61. The van der Waals surface area contributed by atoms with E-state index >= 15 is 0 Å². The Balaban J connectivity index is 1.43. The zero-order valence-corrected chi connectivity index (χ0v) is 16.6. The van der Waals surface area contributed by atoms with Crippen molar-refractivity contribution in [1.29, 1.82) is 0 Å². The summed E-state index contributed by atoms with van der Waals surface area (Å²) in [6.07, 6.45) is 3.10. The van der Waals surface area contributed by atoms with Crippen molar-refractivity contribution < 1.29 is 0 Å². The van der Waals surface area contributed by atoms with E-state index in [1.54, 1.807) is 0 Å². The summed E-state index contributed by atoms with van der Waals surface area (Å²) in [4.78, 5) is 6.25. The molecule has 5 rings (SSSR count). The average molecular weight is 389 g/mol. The molecule has 0 spiro atoms. The second-order valence-electron chi connectivity index (χ2n) is 7.70. The van der Waals surface area contributed by atoms with E-state index in [1.807, 2.05) is 41.1 Å². The maximum Gasteiger partial charge on any atom is 0.191 e. The van der Waals surface area contributed by atoms with Gasteiger partial charge in [-0.3, -0.25) is 4.90 Å². The van der Waals surface area contributed by atoms with E-state index in [0.29, 0.717) is 6.04 Å². The Bertz CT molecular complexity index is 1110. The Morgan fingerprint density at radius 3 is 2.79 bits per heavy atom. The first kappa shape index (κ1) is 17.5. The average Bonchev–Trinajstić information content (AvgIpc) is 3.29. The van der Waals surface area contributed by atoms with Gasteiger partial charge in [-0.1, -0.05) is 41.9 Å². The summed E-state index contributed by atoms with van der Waals surface area (Å²) >= 11 is 6.41. The molecule has 5 heteroatoms. The third kappa shape index (κ3) is 2.74. The van der Waals surface area contributed by atoms with Gasteiger partial charge in [0.2, 0.25) is 0 Å². The fourth-order valence-corrected chi connectivity index (χ4v) is 4.88. The van der Waals surface area contributed by atoms with Gasteiger partial charge in [-0.15, -0.1) is 0 Å². The van der Waals surface area contributed by atoms with Gasteiger partial charge in [0.15, 0.2) is 5.69 Å². The van der Waals surface area contributed by atoms with Crippen molar-refractivity contribution in [2.45, 2.75) is 45.3 Å². The number of aromatic nitrogens is 2. The van der Waals surface area contributed by atoms with Crippen LogP contribution >= 0.6 is 11.6 Å². The van der Waals surface area contributed by atoms with Gasteiger partial charge >= 0.3 is 0 Å². The van der Waals surface area contributed by atoms with Gasteiger partial charge in [0, 0.05) is 24.8 Å². The molecule has 2 aliphatic rings. The molecule has 1 aromatic heterocycles. The Labute approximate surface area is 170 Å². The monoisotopic (exact) mass is 388 g/mol. The zero-order chi connectivity index (χ0) is 19.3. The lowest BCUT2D eigenvalue weighted by molar-refractivity contribution is 0.181. The van der Waals surface area contributed by atoms with E-state index in [4.69, 9.17) is 23.3 Å². The normalized spacial score (nSPS) is 18.5. The van der Waals surface area contributed by atoms with Crippen molar-refractivity contribution in [3.8, 4) is 5.69 Å². The van der Waals surface area contributed by atoms with Crippen LogP contribution in [0.4, 0.5) is 5.69 Å². The maximum absolute atomic E-state index is 7.43. The van der Waals surface area contributed by atoms with Crippen LogP contribution in [-0.4, -0.2) is 20.7 Å². The van der Waals surface area contributed by atoms with Gasteiger partial charge in [0.1, 0.15) is 0 Å². The van der Waals surface area contributed by atoms with Gasteiger partial charge in [-0.05, 0) is 55.0 Å². The molecule has 2 aromatic carbocycles. The van der Waals surface area contributed by atoms with Crippen LogP contribution < -0.4 is 0 Å². The minimum absolute atomic E-state index is 0.487. The summed E-state index contributed by atoms with van der Waals surface area (Å²) in [6, 6.07) is 14.5. The van der Waals surface area contributed by atoms with Crippen LogP contribution in [0.3, 0.4) is 0 Å². The molecule has 140 valence electrons. The highest BCUT2D eigenvalue weighted by molar-refractivity contribution is 6.32. The maximum atomic E-state index is 7.43. The standard InChI is InChI=1S/C23H21ClN4/c1-15-18-12-17(27-13-16-6-5-8-21(25-2)19(16)14-27)10-11-22(18)26-28(15)23-9-4-3-7-20(23)24/h3-9,17H,10-14H2,1H3. The van der Waals surface area contributed by atoms with Crippen molar-refractivity contribution in [3.05, 3.63) is 87.0 Å². The van der Waals surface area contributed by atoms with Crippen molar-refractivity contribution >= 4 is 17.3 Å². The lowest BCUT2D eigenvalue weighted by Crippen LogP contribution is -2.35. The minimum atomic E-state index is 0.487. The van der Waals surface area contributed by atoms with E-state index in [0.717, 1.165) is 48.7 Å². The molecule has 0 N–H and O–H groups in total. The van der Waals surface area contributed by atoms with Crippen LogP contribution in [0.15, 0.2) is 42.5 Å². The third-order valence-corrected chi connectivity index (χ3v) is 6.50. The van der Waals surface area contributed by atoms with Crippen molar-refractivity contribution in [2.24, 2.45) is 0 Å². The van der Waals surface area contributed by atoms with E-state index in [9.17, 15) is 0 Å². The van der Waals surface area contributed by atoms with E-state index in [1.165, 1.54) is 28.1 Å². The molecule has 28 heavy (non-hydrogen) atoms. The fraction of sp³-hybridized carbons (Fsp3) is 0.304. The summed E-state index contributed by atoms with van der Waals surface area (Å²) in [5.74, 6) is 0. The smallest absolute Gasteiger partial charge is 0.191 e. The molecule has 1 atom stereocenters. The number of rotatable bonds is 2. The molecule has 0 saturated carbocycles. The number of aryl methyl sites for hydroxylation is 1. The van der Waals surface area contributed by atoms with Crippen LogP contribution in [-0.2, 0) is 25.9 Å². The Morgan fingerprint density at radius 2 is 1.96 bits per heavy atom. The van der Waals surface area contributed by atoms with Crippen molar-refractivity contribution in [3.63, 3.8) is 0 Å². The van der Waals surface area contributed by atoms with Gasteiger partial charge in [0.25, 0.3) is 0 Å². The topological polar surface area (TPSA) is 25.4 Å². The van der Waals surface area contributed by atoms with Crippen molar-refractivity contribution in [2.75, 3.05) is 0 Å². The summed E-state index contributed by atoms with van der Waals surface area (Å²) < 4.78 is 2.01. The highest BCUT2D eigenvalue weighted by atomic mass is 35.5. The minimum Gasteiger partial charge on any atom is -0.293 e. The first-order chi connectivity index (χ1) is 13.7. The van der Waals surface area contributed by atoms with Crippen LogP contribution in [0, 0.1) is 13.5 Å². The number of halogens is 1. The molecule has 4 nitrogen and oxygen atoms in total. The summed E-state index contributed by atoms with van der Waals surface area (Å²) in [5.41, 5.74) is 8.02. The molecule has 2 heterocycles. The molecular weight excluding hydrogens is 368 g/mol. The molecular formula is C23H21ClN4. The molecule has 1 aliphatic heterocycles. The van der Waals surface area contributed by atoms with E-state index < -0.39 is 0 Å². The van der Waals surface area contributed by atoms with Crippen LogP contribution in [0.5, 0.6) is 0 Å². The largest absolute Gasteiger partial charge is 0.293 e. The number of hydrogen-bond donors (Lipinski definition) is 0. The summed E-state index contributed by atoms with van der Waals surface area (Å²) in [6.45, 7) is 11.4. The fourth-order valence-electron chi connectivity index (χ4n) is 4.66. The lowest BCUT2D eigenvalue weighted by Gasteiger charge is -2.30. The summed E-state index contributed by atoms with van der Waals surface area (Å²) in [7, 11) is 0. The Kier molecular flexibility index (Phi) is 4.23. The number of benzene rings is 2. The second-order valence-corrected chi connectivity index (χ2v) is 8.11. The van der Waals surface area contributed by atoms with Gasteiger partial charge in [0.05, 0.1) is 23.0 Å². The van der Waals surface area contributed by atoms with Crippen molar-refractivity contribution in [1.82, 2.24) is 14.7 Å². The number of fused-ring (bicyclic) bond motifs is 2. The number of nitrogens with zero attached hydrogens (tertiary/aromatic N) is 4. The third-order valence-electron chi connectivity index (χ3n) is 6.18. The highest BCUT2D eigenvalue weighted by Crippen LogP contribution is 2.36. The first-order valence-electron chi connectivity index (χ1n) is 9.70. The number of hydrogen-bond acceptors (Lipinski definition) is 2. The second kappa shape index (κ2) is 6.77. The molecule has 0 fully saturated rings. The Morgan fingerprint density at radius 1 is 1.11 bits per heavy atom. The van der Waals surface area contributed by atoms with Crippen LogP contribution in [0.2, 0.25) is 5.02 Å². The first-order valence-corrected chi connectivity index (χ1v) is 10.1. The van der Waals surface area contributed by atoms with E-state index in [-0.39, 0.29) is 0 Å². The lowest BCUT2D eigenvalue weighted by atomic mass is 9.91. The van der Waals surface area contributed by atoms with Gasteiger partial charge in [-0.25, -0.2) is 9.53 Å². The predicted octanol–water partition coefficient (Wildman–Crippen LogP) is 5.26. The molecule has 1 unspecified atom stereocenters. The molecule has 0 amide bonds. The highest BCUT2D eigenvalue weighted by Gasteiger charge is 2.32.